The number of pyridine rings is 1. The number of hydrogen-bond donors (Lipinski definition) is 1. The first kappa shape index (κ1) is 20.8. The van der Waals surface area contributed by atoms with Crippen LogP contribution >= 0.6 is 0 Å². The normalized spacial score (nSPS) is 11.3. The highest BCUT2D eigenvalue weighted by Crippen LogP contribution is 2.32. The first-order valence-electron chi connectivity index (χ1n) is 9.26. The average Bonchev–Trinajstić information content (AvgIpc) is 3.09. The van der Waals surface area contributed by atoms with Crippen molar-refractivity contribution in [3.05, 3.63) is 66.0 Å². The number of aryl methyl sites for hydroxylation is 3. The van der Waals surface area contributed by atoms with Crippen LogP contribution in [0.25, 0.3) is 21.8 Å². The van der Waals surface area contributed by atoms with Crippen molar-refractivity contribution >= 4 is 31.9 Å². The predicted octanol–water partition coefficient (Wildman–Crippen LogP) is 3.84. The number of rotatable bonds is 3. The number of para-hydroxylation sites is 1. The molecule has 0 radical (unpaired) electrons. The van der Waals surface area contributed by atoms with Crippen LogP contribution < -0.4 is 9.30 Å². The van der Waals surface area contributed by atoms with Gasteiger partial charge in [0.1, 0.15) is 22.2 Å². The van der Waals surface area contributed by atoms with Gasteiger partial charge in [0.15, 0.2) is 5.75 Å². The molecule has 0 saturated heterocycles. The Balaban J connectivity index is 0.000000188. The molecule has 0 aliphatic heterocycles. The van der Waals surface area contributed by atoms with Crippen LogP contribution in [0.3, 0.4) is 0 Å². The summed E-state index contributed by atoms with van der Waals surface area (Å²) in [6, 6.07) is 14.1. The quantitative estimate of drug-likeness (QED) is 0.409. The summed E-state index contributed by atoms with van der Waals surface area (Å²) in [5.74, 6) is 0.926. The van der Waals surface area contributed by atoms with Crippen molar-refractivity contribution < 1.29 is 22.3 Å². The lowest BCUT2D eigenvalue weighted by Crippen LogP contribution is -2.35. The van der Waals surface area contributed by atoms with Crippen LogP contribution in [-0.4, -0.2) is 25.1 Å². The van der Waals surface area contributed by atoms with Gasteiger partial charge in [-0.3, -0.25) is 0 Å². The van der Waals surface area contributed by atoms with Crippen molar-refractivity contribution in [2.75, 3.05) is 7.11 Å². The number of H-pyrrole nitrogens is 1. The lowest BCUT2D eigenvalue weighted by Gasteiger charge is -2.05. The van der Waals surface area contributed by atoms with E-state index in [0.717, 1.165) is 28.9 Å². The van der Waals surface area contributed by atoms with Crippen molar-refractivity contribution in [2.45, 2.75) is 32.2 Å². The van der Waals surface area contributed by atoms with Crippen LogP contribution in [-0.2, 0) is 16.7 Å². The lowest BCUT2D eigenvalue weighted by molar-refractivity contribution is -0.698. The highest BCUT2D eigenvalue weighted by molar-refractivity contribution is 7.85. The Labute approximate surface area is 170 Å². The topological polar surface area (TPSA) is 86.1 Å². The summed E-state index contributed by atoms with van der Waals surface area (Å²) in [5, 5.41) is 2.39. The molecule has 29 heavy (non-hydrogen) atoms. The van der Waals surface area contributed by atoms with E-state index in [0.29, 0.717) is 0 Å². The molecular formula is C22H24N2O4S. The minimum absolute atomic E-state index is 0.178. The number of ether oxygens (including phenoxy) is 1. The molecule has 0 saturated carbocycles. The second-order valence-corrected chi connectivity index (χ2v) is 8.14. The van der Waals surface area contributed by atoms with E-state index in [2.05, 4.69) is 47.8 Å². The molecule has 0 spiro atoms. The van der Waals surface area contributed by atoms with Gasteiger partial charge in [0, 0.05) is 17.8 Å². The number of hydrogen-bond acceptors (Lipinski definition) is 4. The molecule has 0 atom stereocenters. The summed E-state index contributed by atoms with van der Waals surface area (Å²) in [6.07, 6.45) is 2.08. The first-order chi connectivity index (χ1) is 13.8. The molecule has 0 amide bonds. The molecule has 0 aliphatic rings. The maximum Gasteiger partial charge on any atom is 0.212 e. The fraction of sp³-hybridized carbons (Fsp3) is 0.227. The molecule has 0 bridgehead atoms. The van der Waals surface area contributed by atoms with Gasteiger partial charge in [-0.2, -0.15) is 4.57 Å². The third-order valence-corrected chi connectivity index (χ3v) is 5.74. The molecule has 0 unspecified atom stereocenters. The Morgan fingerprint density at radius 3 is 2.31 bits per heavy atom. The molecule has 7 heteroatoms. The zero-order valence-electron chi connectivity index (χ0n) is 16.9. The van der Waals surface area contributed by atoms with Gasteiger partial charge in [-0.25, -0.2) is 8.42 Å². The summed E-state index contributed by atoms with van der Waals surface area (Å²) in [5.41, 5.74) is 4.49. The van der Waals surface area contributed by atoms with Gasteiger partial charge in [-0.1, -0.05) is 35.9 Å². The number of aromatic amines is 1. The average molecular weight is 413 g/mol. The van der Waals surface area contributed by atoms with E-state index in [-0.39, 0.29) is 4.90 Å². The third kappa shape index (κ3) is 4.26. The van der Waals surface area contributed by atoms with Gasteiger partial charge in [-0.05, 0) is 32.0 Å². The number of benzene rings is 2. The first-order valence-corrected chi connectivity index (χ1v) is 10.7. The van der Waals surface area contributed by atoms with Crippen molar-refractivity contribution in [1.29, 1.82) is 0 Å². The molecule has 0 aliphatic carbocycles. The fourth-order valence-corrected chi connectivity index (χ4v) is 3.77. The maximum absolute atomic E-state index is 10.4. The molecule has 6 nitrogen and oxygen atoms in total. The van der Waals surface area contributed by atoms with Crippen LogP contribution in [0.2, 0.25) is 0 Å². The largest absolute Gasteiger partial charge is 0.744 e. The van der Waals surface area contributed by atoms with Gasteiger partial charge < -0.3 is 14.3 Å². The Morgan fingerprint density at radius 1 is 1.07 bits per heavy atom. The van der Waals surface area contributed by atoms with Crippen LogP contribution in [0.4, 0.5) is 0 Å². The van der Waals surface area contributed by atoms with Crippen molar-refractivity contribution in [1.82, 2.24) is 4.98 Å². The smallest absolute Gasteiger partial charge is 0.212 e. The second kappa shape index (κ2) is 8.23. The van der Waals surface area contributed by atoms with E-state index in [1.165, 1.54) is 28.6 Å². The summed E-state index contributed by atoms with van der Waals surface area (Å²) < 4.78 is 38.9. The van der Waals surface area contributed by atoms with Crippen molar-refractivity contribution in [3.8, 4) is 5.75 Å². The molecule has 4 rings (SSSR count). The Kier molecular flexibility index (Phi) is 5.91. The second-order valence-electron chi connectivity index (χ2n) is 6.76. The van der Waals surface area contributed by atoms with Crippen LogP contribution in [0.1, 0.15) is 18.2 Å². The molecule has 2 aromatic carbocycles. The molecule has 4 aromatic rings. The van der Waals surface area contributed by atoms with Gasteiger partial charge in [0.05, 0.1) is 17.4 Å². The standard InChI is InChI=1S/C15H16N2O.C7H8O3S/c1-4-17-9-13(18-3)14-11-7-5-6-8-12(11)16-15(14)10(17)2;1-6-2-4-7(5-3-6)11(8,9)10/h5-9H,4H2,1-3H3;2-5H,1H3,(H,8,9,10). The minimum atomic E-state index is -4.27. The molecular weight excluding hydrogens is 388 g/mol. The molecule has 0 fully saturated rings. The summed E-state index contributed by atoms with van der Waals surface area (Å²) in [4.78, 5) is 3.32. The van der Waals surface area contributed by atoms with E-state index in [4.69, 9.17) is 4.74 Å². The fourth-order valence-electron chi connectivity index (χ4n) is 3.30. The summed E-state index contributed by atoms with van der Waals surface area (Å²) >= 11 is 0. The van der Waals surface area contributed by atoms with Crippen molar-refractivity contribution in [2.24, 2.45) is 0 Å². The molecule has 2 heterocycles. The van der Waals surface area contributed by atoms with E-state index in [1.807, 2.05) is 13.0 Å². The van der Waals surface area contributed by atoms with Crippen molar-refractivity contribution in [3.63, 3.8) is 0 Å². The van der Waals surface area contributed by atoms with E-state index < -0.39 is 10.1 Å². The Hall–Kier alpha value is -2.90. The summed E-state index contributed by atoms with van der Waals surface area (Å²) in [7, 11) is -2.54. The van der Waals surface area contributed by atoms with Gasteiger partial charge in [0.25, 0.3) is 0 Å². The third-order valence-electron chi connectivity index (χ3n) is 4.89. The zero-order valence-corrected chi connectivity index (χ0v) is 17.7. The number of aromatic nitrogens is 2. The monoisotopic (exact) mass is 412 g/mol. The lowest BCUT2D eigenvalue weighted by atomic mass is 10.1. The van der Waals surface area contributed by atoms with Gasteiger partial charge >= 0.3 is 0 Å². The van der Waals surface area contributed by atoms with E-state index >= 15 is 0 Å². The number of fused-ring (bicyclic) bond motifs is 3. The zero-order chi connectivity index (χ0) is 21.2. The Morgan fingerprint density at radius 2 is 1.72 bits per heavy atom. The summed E-state index contributed by atoms with van der Waals surface area (Å²) in [6.45, 7) is 7.04. The number of methoxy groups -OCH3 is 1. The van der Waals surface area contributed by atoms with Gasteiger partial charge in [0.2, 0.25) is 11.9 Å². The SMILES string of the molecule is CC[n+]1cc(OC)c2c([nH]c3ccccc32)c1C.Cc1ccc(S(=O)(=O)[O-])cc1. The maximum atomic E-state index is 10.4. The predicted molar refractivity (Wildman–Crippen MR) is 112 cm³/mol. The number of nitrogens with one attached hydrogen (secondary N) is 1. The number of nitrogens with zero attached hydrogens (tertiary/aromatic N) is 1. The van der Waals surface area contributed by atoms with E-state index in [1.54, 1.807) is 19.2 Å². The van der Waals surface area contributed by atoms with Crippen LogP contribution in [0, 0.1) is 13.8 Å². The molecule has 1 N–H and O–H groups in total. The molecule has 152 valence electrons. The highest BCUT2D eigenvalue weighted by atomic mass is 32.2. The van der Waals surface area contributed by atoms with Crippen LogP contribution in [0.15, 0.2) is 59.6 Å². The van der Waals surface area contributed by atoms with E-state index in [9.17, 15) is 13.0 Å². The van der Waals surface area contributed by atoms with Crippen LogP contribution in [0.5, 0.6) is 5.75 Å². The Bertz CT molecular complexity index is 1260. The van der Waals surface area contributed by atoms with Gasteiger partial charge in [-0.15, -0.1) is 0 Å². The highest BCUT2D eigenvalue weighted by Gasteiger charge is 2.19. The minimum Gasteiger partial charge on any atom is -0.744 e. The molecule has 2 aromatic heterocycles.